The number of aromatic nitrogens is 4. The Kier molecular flexibility index (Phi) is 4.08. The molecule has 0 radical (unpaired) electrons. The van der Waals surface area contributed by atoms with E-state index >= 15 is 0 Å². The maximum Gasteiger partial charge on any atom is 0.170 e. The van der Waals surface area contributed by atoms with E-state index in [1.54, 1.807) is 28.9 Å². The molecule has 0 aliphatic rings. The average Bonchev–Trinajstić information content (AvgIpc) is 3.18. The van der Waals surface area contributed by atoms with Gasteiger partial charge in [-0.15, -0.1) is 22.7 Å². The highest BCUT2D eigenvalue weighted by atomic mass is 32.1. The van der Waals surface area contributed by atoms with Gasteiger partial charge in [0.25, 0.3) is 0 Å². The lowest BCUT2D eigenvalue weighted by Gasteiger charge is -2.21. The van der Waals surface area contributed by atoms with Crippen molar-refractivity contribution in [1.82, 2.24) is 19.9 Å². The molecule has 0 bridgehead atoms. The molecule has 4 aromatic heterocycles. The molecule has 0 aliphatic heterocycles. The van der Waals surface area contributed by atoms with Crippen molar-refractivity contribution in [2.75, 3.05) is 0 Å². The van der Waals surface area contributed by atoms with Gasteiger partial charge < -0.3 is 0 Å². The van der Waals surface area contributed by atoms with E-state index in [1.165, 1.54) is 5.56 Å². The van der Waals surface area contributed by atoms with Gasteiger partial charge in [0.1, 0.15) is 5.01 Å². The molecule has 0 unspecified atom stereocenters. The van der Waals surface area contributed by atoms with E-state index < -0.39 is 0 Å². The fourth-order valence-electron chi connectivity index (χ4n) is 2.93. The van der Waals surface area contributed by atoms with Crippen LogP contribution in [0.25, 0.3) is 20.6 Å². The van der Waals surface area contributed by atoms with Crippen LogP contribution in [0, 0.1) is 0 Å². The average molecular weight is 383 g/mol. The Hall–Kier alpha value is -1.92. The van der Waals surface area contributed by atoms with Gasteiger partial charge in [-0.2, -0.15) is 0 Å². The molecule has 0 amide bonds. The van der Waals surface area contributed by atoms with Gasteiger partial charge in [0.05, 0.1) is 19.9 Å². The second-order valence-corrected chi connectivity index (χ2v) is 10.4. The third-order valence-electron chi connectivity index (χ3n) is 4.36. The van der Waals surface area contributed by atoms with Crippen molar-refractivity contribution in [3.63, 3.8) is 0 Å². The molecule has 0 fully saturated rings. The second-order valence-electron chi connectivity index (χ2n) is 8.36. The molecule has 134 valence electrons. The van der Waals surface area contributed by atoms with Gasteiger partial charge in [0.2, 0.25) is 0 Å². The van der Waals surface area contributed by atoms with E-state index in [4.69, 9.17) is 9.97 Å². The third kappa shape index (κ3) is 3.23. The Morgan fingerprint density at radius 1 is 0.923 bits per heavy atom. The van der Waals surface area contributed by atoms with Crippen LogP contribution in [-0.4, -0.2) is 19.9 Å². The van der Waals surface area contributed by atoms with E-state index in [-0.39, 0.29) is 10.8 Å². The van der Waals surface area contributed by atoms with Crippen molar-refractivity contribution >= 4 is 43.2 Å². The summed E-state index contributed by atoms with van der Waals surface area (Å²) in [4.78, 5) is 18.3. The van der Waals surface area contributed by atoms with Crippen molar-refractivity contribution in [3.05, 3.63) is 46.3 Å². The molecule has 4 aromatic rings. The van der Waals surface area contributed by atoms with Gasteiger partial charge in [0, 0.05) is 29.4 Å². The molecule has 0 aromatic carbocycles. The van der Waals surface area contributed by atoms with Crippen LogP contribution in [0.1, 0.15) is 50.2 Å². The highest BCUT2D eigenvalue weighted by molar-refractivity contribution is 7.19. The summed E-state index contributed by atoms with van der Waals surface area (Å²) in [6.07, 6.45) is 6.55. The lowest BCUT2D eigenvalue weighted by molar-refractivity contribution is 0.519. The lowest BCUT2D eigenvalue weighted by Crippen LogP contribution is -2.20. The standard InChI is InChI=1S/C20H22N4S2/c1-19(2,3)17-24-16-14(25-17)8-12(10-22-16)9-20(4,5)18-23-13-6-7-21-11-15(13)26-18/h6-8,10-11H,9H2,1-5H3. The summed E-state index contributed by atoms with van der Waals surface area (Å²) in [6, 6.07) is 4.22. The molecule has 4 nitrogen and oxygen atoms in total. The summed E-state index contributed by atoms with van der Waals surface area (Å²) in [5.74, 6) is 0. The van der Waals surface area contributed by atoms with Crippen LogP contribution in [0.4, 0.5) is 0 Å². The summed E-state index contributed by atoms with van der Waals surface area (Å²) in [5, 5.41) is 2.27. The van der Waals surface area contributed by atoms with Crippen molar-refractivity contribution in [3.8, 4) is 0 Å². The van der Waals surface area contributed by atoms with Crippen LogP contribution in [0.15, 0.2) is 30.7 Å². The number of nitrogens with zero attached hydrogens (tertiary/aromatic N) is 4. The maximum absolute atomic E-state index is 4.83. The zero-order chi connectivity index (χ0) is 18.5. The number of hydrogen-bond acceptors (Lipinski definition) is 6. The smallest absolute Gasteiger partial charge is 0.170 e. The summed E-state index contributed by atoms with van der Waals surface area (Å²) in [7, 11) is 0. The summed E-state index contributed by atoms with van der Waals surface area (Å²) < 4.78 is 2.30. The van der Waals surface area contributed by atoms with E-state index in [1.807, 2.05) is 18.5 Å². The van der Waals surface area contributed by atoms with Crippen molar-refractivity contribution in [2.24, 2.45) is 0 Å². The minimum atomic E-state index is -0.0589. The minimum Gasteiger partial charge on any atom is -0.263 e. The first-order chi connectivity index (χ1) is 12.2. The van der Waals surface area contributed by atoms with Gasteiger partial charge in [-0.05, 0) is 24.1 Å². The Labute approximate surface area is 161 Å². The molecule has 26 heavy (non-hydrogen) atoms. The van der Waals surface area contributed by atoms with Gasteiger partial charge in [0.15, 0.2) is 5.65 Å². The number of hydrogen-bond donors (Lipinski definition) is 0. The van der Waals surface area contributed by atoms with Crippen molar-refractivity contribution in [1.29, 1.82) is 0 Å². The predicted octanol–water partition coefficient (Wildman–Crippen LogP) is 5.51. The van der Waals surface area contributed by atoms with E-state index in [0.29, 0.717) is 0 Å². The minimum absolute atomic E-state index is 0.0554. The highest BCUT2D eigenvalue weighted by Gasteiger charge is 2.26. The predicted molar refractivity (Wildman–Crippen MR) is 110 cm³/mol. The summed E-state index contributed by atoms with van der Waals surface area (Å²) in [6.45, 7) is 11.1. The third-order valence-corrected chi connectivity index (χ3v) is 7.15. The normalized spacial score (nSPS) is 13.0. The van der Waals surface area contributed by atoms with Crippen LogP contribution in [0.3, 0.4) is 0 Å². The number of rotatable bonds is 3. The monoisotopic (exact) mass is 382 g/mol. The largest absolute Gasteiger partial charge is 0.263 e. The topological polar surface area (TPSA) is 51.6 Å². The van der Waals surface area contributed by atoms with Gasteiger partial charge >= 0.3 is 0 Å². The summed E-state index contributed by atoms with van der Waals surface area (Å²) in [5.41, 5.74) is 3.10. The zero-order valence-corrected chi connectivity index (χ0v) is 17.3. The Morgan fingerprint density at radius 2 is 1.69 bits per heavy atom. The number of fused-ring (bicyclic) bond motifs is 2. The van der Waals surface area contributed by atoms with E-state index in [0.717, 1.165) is 37.0 Å². The molecule has 4 heterocycles. The molecule has 0 N–H and O–H groups in total. The van der Waals surface area contributed by atoms with Crippen molar-refractivity contribution < 1.29 is 0 Å². The first-order valence-electron chi connectivity index (χ1n) is 8.69. The Bertz CT molecular complexity index is 1050. The van der Waals surface area contributed by atoms with Crippen LogP contribution in [0.2, 0.25) is 0 Å². The quantitative estimate of drug-likeness (QED) is 0.468. The van der Waals surface area contributed by atoms with Crippen molar-refractivity contribution in [2.45, 2.75) is 51.9 Å². The molecule has 0 saturated carbocycles. The fraction of sp³-hybridized carbons (Fsp3) is 0.400. The Balaban J connectivity index is 1.66. The molecule has 0 spiro atoms. The van der Waals surface area contributed by atoms with Crippen LogP contribution in [-0.2, 0) is 17.3 Å². The molecular weight excluding hydrogens is 360 g/mol. The van der Waals surface area contributed by atoms with Gasteiger partial charge in [-0.3, -0.25) is 4.98 Å². The van der Waals surface area contributed by atoms with Crippen LogP contribution in [0.5, 0.6) is 0 Å². The van der Waals surface area contributed by atoms with Gasteiger partial charge in [-0.1, -0.05) is 34.6 Å². The van der Waals surface area contributed by atoms with Gasteiger partial charge in [-0.25, -0.2) is 15.0 Å². The van der Waals surface area contributed by atoms with Crippen LogP contribution < -0.4 is 0 Å². The SMILES string of the molecule is CC(C)(C)c1nc2ncc(CC(C)(C)c3nc4ccncc4s3)cc2s1. The summed E-state index contributed by atoms with van der Waals surface area (Å²) >= 11 is 3.48. The molecule has 6 heteroatoms. The second kappa shape index (κ2) is 6.06. The number of pyridine rings is 2. The molecule has 0 saturated heterocycles. The maximum atomic E-state index is 4.83. The van der Waals surface area contributed by atoms with E-state index in [9.17, 15) is 0 Å². The molecular formula is C20H22N4S2. The fourth-order valence-corrected chi connectivity index (χ4v) is 5.01. The Morgan fingerprint density at radius 3 is 2.42 bits per heavy atom. The molecule has 4 rings (SSSR count). The first-order valence-corrected chi connectivity index (χ1v) is 10.3. The lowest BCUT2D eigenvalue weighted by atomic mass is 9.87. The molecule has 0 atom stereocenters. The first kappa shape index (κ1) is 17.5. The number of thiazole rings is 2. The van der Waals surface area contributed by atoms with Crippen LogP contribution >= 0.6 is 22.7 Å². The molecule has 0 aliphatic carbocycles. The zero-order valence-electron chi connectivity index (χ0n) is 15.7. The van der Waals surface area contributed by atoms with E-state index in [2.05, 4.69) is 50.7 Å². The highest BCUT2D eigenvalue weighted by Crippen LogP contribution is 2.35.